The van der Waals surface area contributed by atoms with Crippen LogP contribution in [-0.4, -0.2) is 17.3 Å². The summed E-state index contributed by atoms with van der Waals surface area (Å²) in [5.41, 5.74) is 9.57. The number of fused-ring (bicyclic) bond motifs is 1. The van der Waals surface area contributed by atoms with Crippen LogP contribution in [0.25, 0.3) is 10.9 Å². The topological polar surface area (TPSA) is 58.9 Å². The molecule has 0 aliphatic rings. The summed E-state index contributed by atoms with van der Waals surface area (Å²) in [5.74, 6) is 0.113. The quantitative estimate of drug-likeness (QED) is 0.773. The Bertz CT molecular complexity index is 540. The largest absolute Gasteiger partial charge is 0.360 e. The highest BCUT2D eigenvalue weighted by Crippen LogP contribution is 2.25. The number of carbonyl (C=O) groups is 1. The highest BCUT2D eigenvalue weighted by molar-refractivity contribution is 6.09. The third kappa shape index (κ3) is 1.63. The summed E-state index contributed by atoms with van der Waals surface area (Å²) in [7, 11) is 0. The second-order valence-electron chi connectivity index (χ2n) is 4.09. The van der Waals surface area contributed by atoms with Crippen LogP contribution in [0.2, 0.25) is 0 Å². The number of carbonyl (C=O) groups excluding carboxylic acids is 1. The summed E-state index contributed by atoms with van der Waals surface area (Å²) in [6, 6.07) is 4.07. The fourth-order valence-electron chi connectivity index (χ4n) is 1.99. The molecule has 0 amide bonds. The van der Waals surface area contributed by atoms with Crippen molar-refractivity contribution in [3.8, 4) is 0 Å². The second-order valence-corrected chi connectivity index (χ2v) is 4.09. The molecule has 1 aromatic heterocycles. The molecule has 3 heteroatoms. The number of ketones is 1. The van der Waals surface area contributed by atoms with E-state index in [1.807, 2.05) is 13.0 Å². The molecule has 0 radical (unpaired) electrons. The van der Waals surface area contributed by atoms with E-state index in [-0.39, 0.29) is 5.78 Å². The molecule has 0 bridgehead atoms. The zero-order valence-electron chi connectivity index (χ0n) is 9.63. The van der Waals surface area contributed by atoms with Gasteiger partial charge in [0.2, 0.25) is 0 Å². The number of H-pyrrole nitrogens is 1. The number of nitrogens with two attached hydrogens (primary N) is 1. The molecule has 0 unspecified atom stereocenters. The van der Waals surface area contributed by atoms with Crippen LogP contribution in [-0.2, 0) is 0 Å². The van der Waals surface area contributed by atoms with E-state index >= 15 is 0 Å². The first-order valence-electron chi connectivity index (χ1n) is 5.45. The van der Waals surface area contributed by atoms with Gasteiger partial charge >= 0.3 is 0 Å². The molecule has 0 saturated carbocycles. The van der Waals surface area contributed by atoms with E-state index in [0.29, 0.717) is 13.0 Å². The molecule has 0 fully saturated rings. The van der Waals surface area contributed by atoms with Crippen molar-refractivity contribution in [3.05, 3.63) is 35.0 Å². The predicted molar refractivity (Wildman–Crippen MR) is 65.8 cm³/mol. The Morgan fingerprint density at radius 3 is 2.81 bits per heavy atom. The molecular weight excluding hydrogens is 200 g/mol. The minimum atomic E-state index is 0.113. The van der Waals surface area contributed by atoms with Gasteiger partial charge in [-0.15, -0.1) is 0 Å². The van der Waals surface area contributed by atoms with Crippen LogP contribution in [0.1, 0.15) is 27.9 Å². The van der Waals surface area contributed by atoms with Gasteiger partial charge in [0.1, 0.15) is 0 Å². The fraction of sp³-hybridized carbons (Fsp3) is 0.308. The minimum Gasteiger partial charge on any atom is -0.360 e. The molecule has 3 N–H and O–H groups in total. The molecule has 16 heavy (non-hydrogen) atoms. The Hall–Kier alpha value is -1.61. The van der Waals surface area contributed by atoms with Crippen LogP contribution in [0.4, 0.5) is 0 Å². The molecule has 0 aliphatic carbocycles. The average molecular weight is 216 g/mol. The molecule has 0 spiro atoms. The van der Waals surface area contributed by atoms with Gasteiger partial charge in [-0.25, -0.2) is 0 Å². The molecular formula is C13H16N2O. The van der Waals surface area contributed by atoms with E-state index in [4.69, 9.17) is 5.73 Å². The summed E-state index contributed by atoms with van der Waals surface area (Å²) in [5, 5.41) is 1.04. The lowest BCUT2D eigenvalue weighted by molar-refractivity contribution is 0.0987. The lowest BCUT2D eigenvalue weighted by Gasteiger charge is -2.04. The van der Waals surface area contributed by atoms with Crippen molar-refractivity contribution in [2.45, 2.75) is 20.3 Å². The molecule has 3 nitrogen and oxygen atoms in total. The number of benzene rings is 1. The van der Waals surface area contributed by atoms with Gasteiger partial charge in [-0.2, -0.15) is 0 Å². The maximum Gasteiger partial charge on any atom is 0.166 e. The number of rotatable bonds is 3. The fourth-order valence-corrected chi connectivity index (χ4v) is 1.99. The van der Waals surface area contributed by atoms with Crippen LogP contribution < -0.4 is 5.73 Å². The molecule has 0 aliphatic heterocycles. The monoisotopic (exact) mass is 216 g/mol. The zero-order valence-corrected chi connectivity index (χ0v) is 9.63. The van der Waals surface area contributed by atoms with E-state index in [9.17, 15) is 4.79 Å². The van der Waals surface area contributed by atoms with Crippen LogP contribution >= 0.6 is 0 Å². The molecule has 84 valence electrons. The lowest BCUT2D eigenvalue weighted by atomic mass is 10.00. The Labute approximate surface area is 94.6 Å². The number of nitrogens with one attached hydrogen (secondary N) is 1. The van der Waals surface area contributed by atoms with E-state index < -0.39 is 0 Å². The van der Waals surface area contributed by atoms with Crippen LogP contribution in [0, 0.1) is 13.8 Å². The van der Waals surface area contributed by atoms with Crippen molar-refractivity contribution in [1.29, 1.82) is 0 Å². The van der Waals surface area contributed by atoms with Crippen molar-refractivity contribution in [2.24, 2.45) is 5.73 Å². The summed E-state index contributed by atoms with van der Waals surface area (Å²) >= 11 is 0. The maximum atomic E-state index is 11.9. The summed E-state index contributed by atoms with van der Waals surface area (Å²) in [4.78, 5) is 15.0. The van der Waals surface area contributed by atoms with Crippen molar-refractivity contribution in [1.82, 2.24) is 4.98 Å². The van der Waals surface area contributed by atoms with Crippen molar-refractivity contribution in [2.75, 3.05) is 6.54 Å². The lowest BCUT2D eigenvalue weighted by Crippen LogP contribution is -2.07. The Balaban J connectivity index is 2.63. The third-order valence-corrected chi connectivity index (χ3v) is 3.05. The number of aryl methyl sites for hydroxylation is 2. The average Bonchev–Trinajstić information content (AvgIpc) is 2.68. The van der Waals surface area contributed by atoms with E-state index in [0.717, 1.165) is 16.5 Å². The van der Waals surface area contributed by atoms with Gasteiger partial charge in [0, 0.05) is 29.1 Å². The molecule has 2 aromatic rings. The van der Waals surface area contributed by atoms with Crippen LogP contribution in [0.3, 0.4) is 0 Å². The Morgan fingerprint density at radius 1 is 1.38 bits per heavy atom. The number of hydrogen-bond donors (Lipinski definition) is 2. The second kappa shape index (κ2) is 4.10. The summed E-state index contributed by atoms with van der Waals surface area (Å²) < 4.78 is 0. The summed E-state index contributed by atoms with van der Waals surface area (Å²) in [6.45, 7) is 4.50. The molecule has 2 rings (SSSR count). The minimum absolute atomic E-state index is 0.113. The predicted octanol–water partition coefficient (Wildman–Crippen LogP) is 2.32. The van der Waals surface area contributed by atoms with E-state index in [2.05, 4.69) is 18.0 Å². The highest BCUT2D eigenvalue weighted by Gasteiger charge is 2.13. The number of aromatic nitrogens is 1. The normalized spacial score (nSPS) is 10.9. The zero-order chi connectivity index (χ0) is 11.7. The first-order valence-corrected chi connectivity index (χ1v) is 5.45. The summed E-state index contributed by atoms with van der Waals surface area (Å²) in [6.07, 6.45) is 2.19. The molecule has 0 saturated heterocycles. The standard InChI is InChI=1S/C13H16N2O/c1-8-3-4-11-13(9(8)2)10(7-15-11)12(16)5-6-14/h3-4,7,15H,5-6,14H2,1-2H3. The number of Topliss-reactive ketones (excluding diaryl/α,β-unsaturated/α-hetero) is 1. The van der Waals surface area contributed by atoms with Gasteiger partial charge in [0.15, 0.2) is 5.78 Å². The van der Waals surface area contributed by atoms with Gasteiger partial charge in [0.25, 0.3) is 0 Å². The number of aromatic amines is 1. The smallest absolute Gasteiger partial charge is 0.166 e. The molecule has 0 atom stereocenters. The molecule has 1 aromatic carbocycles. The first kappa shape index (κ1) is 10.9. The van der Waals surface area contributed by atoms with E-state index in [1.165, 1.54) is 11.1 Å². The van der Waals surface area contributed by atoms with Gasteiger partial charge in [-0.3, -0.25) is 4.79 Å². The van der Waals surface area contributed by atoms with Gasteiger partial charge in [-0.1, -0.05) is 6.07 Å². The van der Waals surface area contributed by atoms with Crippen LogP contribution in [0.5, 0.6) is 0 Å². The van der Waals surface area contributed by atoms with Gasteiger partial charge in [0.05, 0.1) is 0 Å². The maximum absolute atomic E-state index is 11.9. The van der Waals surface area contributed by atoms with Crippen molar-refractivity contribution < 1.29 is 4.79 Å². The van der Waals surface area contributed by atoms with Crippen molar-refractivity contribution >= 4 is 16.7 Å². The SMILES string of the molecule is Cc1ccc2[nH]cc(C(=O)CCN)c2c1C. The Kier molecular flexibility index (Phi) is 2.79. The van der Waals surface area contributed by atoms with Crippen LogP contribution in [0.15, 0.2) is 18.3 Å². The first-order chi connectivity index (χ1) is 7.65. The Morgan fingerprint density at radius 2 is 2.12 bits per heavy atom. The highest BCUT2D eigenvalue weighted by atomic mass is 16.1. The molecule has 1 heterocycles. The van der Waals surface area contributed by atoms with Gasteiger partial charge < -0.3 is 10.7 Å². The van der Waals surface area contributed by atoms with Crippen molar-refractivity contribution in [3.63, 3.8) is 0 Å². The number of hydrogen-bond acceptors (Lipinski definition) is 2. The third-order valence-electron chi connectivity index (χ3n) is 3.05. The van der Waals surface area contributed by atoms with Gasteiger partial charge in [-0.05, 0) is 37.6 Å². The van der Waals surface area contributed by atoms with E-state index in [1.54, 1.807) is 6.20 Å².